The fourth-order valence-corrected chi connectivity index (χ4v) is 2.65. The van der Waals surface area contributed by atoms with Crippen molar-refractivity contribution in [1.82, 2.24) is 10.2 Å². The lowest BCUT2D eigenvalue weighted by atomic mass is 9.79. The normalized spacial score (nSPS) is 29.6. The van der Waals surface area contributed by atoms with E-state index in [0.29, 0.717) is 6.04 Å². The molecule has 3 heteroatoms. The third-order valence-electron chi connectivity index (χ3n) is 4.10. The molecular formula is C14H27N3. The minimum Gasteiger partial charge on any atom is -0.303 e. The molecule has 0 aromatic heterocycles. The van der Waals surface area contributed by atoms with Crippen LogP contribution in [0.3, 0.4) is 0 Å². The summed E-state index contributed by atoms with van der Waals surface area (Å²) < 4.78 is 0. The first kappa shape index (κ1) is 14.5. The SMILES string of the molecule is CNC1(C#N)CCCC(N(C)CCC(C)C)C1. The van der Waals surface area contributed by atoms with Gasteiger partial charge >= 0.3 is 0 Å². The molecule has 0 aromatic rings. The number of nitrogens with zero attached hydrogens (tertiary/aromatic N) is 2. The van der Waals surface area contributed by atoms with Crippen molar-refractivity contribution in [3.05, 3.63) is 0 Å². The topological polar surface area (TPSA) is 39.1 Å². The van der Waals surface area contributed by atoms with Crippen LogP contribution in [0.5, 0.6) is 0 Å². The molecule has 1 rings (SSSR count). The molecule has 3 nitrogen and oxygen atoms in total. The van der Waals surface area contributed by atoms with Gasteiger partial charge in [-0.25, -0.2) is 0 Å². The zero-order valence-corrected chi connectivity index (χ0v) is 11.8. The number of nitrogens with one attached hydrogen (secondary N) is 1. The molecule has 0 spiro atoms. The molecule has 0 bridgehead atoms. The maximum absolute atomic E-state index is 9.33. The van der Waals surface area contributed by atoms with Crippen LogP contribution in [0, 0.1) is 17.2 Å². The molecule has 0 aliphatic heterocycles. The first-order chi connectivity index (χ1) is 8.03. The zero-order valence-electron chi connectivity index (χ0n) is 11.8. The van der Waals surface area contributed by atoms with Crippen LogP contribution in [-0.2, 0) is 0 Å². The molecule has 1 aliphatic rings. The first-order valence-electron chi connectivity index (χ1n) is 6.83. The number of hydrogen-bond donors (Lipinski definition) is 1. The summed E-state index contributed by atoms with van der Waals surface area (Å²) in [4.78, 5) is 2.45. The Morgan fingerprint density at radius 3 is 2.76 bits per heavy atom. The minimum absolute atomic E-state index is 0.283. The molecule has 98 valence electrons. The molecule has 0 saturated heterocycles. The Kier molecular flexibility index (Phi) is 5.42. The third-order valence-corrected chi connectivity index (χ3v) is 4.10. The van der Waals surface area contributed by atoms with Gasteiger partial charge in [0.1, 0.15) is 5.54 Å². The van der Waals surface area contributed by atoms with Gasteiger partial charge in [0.2, 0.25) is 0 Å². The Balaban J connectivity index is 2.51. The second-order valence-corrected chi connectivity index (χ2v) is 5.86. The van der Waals surface area contributed by atoms with Gasteiger partial charge < -0.3 is 10.2 Å². The van der Waals surface area contributed by atoms with Crippen LogP contribution in [0.15, 0.2) is 0 Å². The summed E-state index contributed by atoms with van der Waals surface area (Å²) in [6, 6.07) is 3.04. The predicted octanol–water partition coefficient (Wildman–Crippen LogP) is 2.39. The van der Waals surface area contributed by atoms with Gasteiger partial charge in [-0.1, -0.05) is 13.8 Å². The van der Waals surface area contributed by atoms with Gasteiger partial charge in [-0.15, -0.1) is 0 Å². The van der Waals surface area contributed by atoms with Gasteiger partial charge in [-0.3, -0.25) is 0 Å². The van der Waals surface area contributed by atoms with E-state index in [9.17, 15) is 5.26 Å². The van der Waals surface area contributed by atoms with E-state index in [1.165, 1.54) is 12.8 Å². The summed E-state index contributed by atoms with van der Waals surface area (Å²) in [7, 11) is 4.12. The Hall–Kier alpha value is -0.590. The van der Waals surface area contributed by atoms with Crippen LogP contribution in [0.1, 0.15) is 46.0 Å². The summed E-state index contributed by atoms with van der Waals surface area (Å²) in [5, 5.41) is 12.6. The molecular weight excluding hydrogens is 210 g/mol. The van der Waals surface area contributed by atoms with Gasteiger partial charge in [0, 0.05) is 6.04 Å². The number of nitriles is 1. The number of rotatable bonds is 5. The van der Waals surface area contributed by atoms with Gasteiger partial charge in [-0.05, 0) is 58.7 Å². The largest absolute Gasteiger partial charge is 0.303 e. The van der Waals surface area contributed by atoms with Crippen molar-refractivity contribution in [2.75, 3.05) is 20.6 Å². The van der Waals surface area contributed by atoms with Crippen LogP contribution in [0.25, 0.3) is 0 Å². The zero-order chi connectivity index (χ0) is 12.9. The average molecular weight is 237 g/mol. The second kappa shape index (κ2) is 6.37. The van der Waals surface area contributed by atoms with E-state index in [1.54, 1.807) is 0 Å². The van der Waals surface area contributed by atoms with Crippen molar-refractivity contribution in [3.8, 4) is 6.07 Å². The maximum Gasteiger partial charge on any atom is 0.108 e. The maximum atomic E-state index is 9.33. The van der Waals surface area contributed by atoms with Crippen LogP contribution in [0.4, 0.5) is 0 Å². The van der Waals surface area contributed by atoms with E-state index in [2.05, 4.69) is 37.2 Å². The molecule has 0 heterocycles. The highest BCUT2D eigenvalue weighted by Gasteiger charge is 2.36. The van der Waals surface area contributed by atoms with Crippen molar-refractivity contribution in [2.45, 2.75) is 57.5 Å². The standard InChI is InChI=1S/C14H27N3/c1-12(2)7-9-17(4)13-6-5-8-14(10-13,11-15)16-3/h12-13,16H,5-10H2,1-4H3. The highest BCUT2D eigenvalue weighted by atomic mass is 15.1. The van der Waals surface area contributed by atoms with Crippen molar-refractivity contribution in [1.29, 1.82) is 5.26 Å². The molecule has 0 radical (unpaired) electrons. The third kappa shape index (κ3) is 3.97. The monoisotopic (exact) mass is 237 g/mol. The molecule has 1 aliphatic carbocycles. The molecule has 0 aromatic carbocycles. The molecule has 2 atom stereocenters. The van der Waals surface area contributed by atoms with Crippen LogP contribution >= 0.6 is 0 Å². The van der Waals surface area contributed by atoms with E-state index in [1.807, 2.05) is 7.05 Å². The van der Waals surface area contributed by atoms with Gasteiger partial charge in [0.05, 0.1) is 6.07 Å². The molecule has 2 unspecified atom stereocenters. The van der Waals surface area contributed by atoms with Crippen molar-refractivity contribution in [3.63, 3.8) is 0 Å². The molecule has 0 amide bonds. The Morgan fingerprint density at radius 1 is 1.53 bits per heavy atom. The summed E-state index contributed by atoms with van der Waals surface area (Å²) in [5.41, 5.74) is -0.283. The molecule has 1 N–H and O–H groups in total. The minimum atomic E-state index is -0.283. The summed E-state index contributed by atoms with van der Waals surface area (Å²) >= 11 is 0. The van der Waals surface area contributed by atoms with Crippen molar-refractivity contribution in [2.24, 2.45) is 5.92 Å². The van der Waals surface area contributed by atoms with E-state index in [4.69, 9.17) is 0 Å². The second-order valence-electron chi connectivity index (χ2n) is 5.86. The lowest BCUT2D eigenvalue weighted by Gasteiger charge is -2.40. The van der Waals surface area contributed by atoms with E-state index in [-0.39, 0.29) is 5.54 Å². The summed E-state index contributed by atoms with van der Waals surface area (Å²) in [5.74, 6) is 0.756. The van der Waals surface area contributed by atoms with E-state index < -0.39 is 0 Å². The van der Waals surface area contributed by atoms with E-state index in [0.717, 1.165) is 31.7 Å². The van der Waals surface area contributed by atoms with Crippen LogP contribution < -0.4 is 5.32 Å². The Bertz CT molecular complexity index is 269. The number of hydrogen-bond acceptors (Lipinski definition) is 3. The fraction of sp³-hybridized carbons (Fsp3) is 0.929. The molecule has 1 saturated carbocycles. The Morgan fingerprint density at radius 2 is 2.24 bits per heavy atom. The average Bonchev–Trinajstić information content (AvgIpc) is 2.35. The molecule has 17 heavy (non-hydrogen) atoms. The molecule has 1 fully saturated rings. The lowest BCUT2D eigenvalue weighted by Crippen LogP contribution is -2.51. The van der Waals surface area contributed by atoms with Gasteiger partial charge in [0.15, 0.2) is 0 Å². The van der Waals surface area contributed by atoms with E-state index >= 15 is 0 Å². The smallest absolute Gasteiger partial charge is 0.108 e. The summed E-state index contributed by atoms with van der Waals surface area (Å²) in [6.45, 7) is 5.68. The van der Waals surface area contributed by atoms with Gasteiger partial charge in [-0.2, -0.15) is 5.26 Å². The fourth-order valence-electron chi connectivity index (χ4n) is 2.65. The lowest BCUT2D eigenvalue weighted by molar-refractivity contribution is 0.143. The quantitative estimate of drug-likeness (QED) is 0.798. The summed E-state index contributed by atoms with van der Waals surface area (Å²) in [6.07, 6.45) is 5.60. The van der Waals surface area contributed by atoms with Crippen molar-refractivity contribution >= 4 is 0 Å². The highest BCUT2D eigenvalue weighted by molar-refractivity contribution is 5.10. The van der Waals surface area contributed by atoms with Crippen molar-refractivity contribution < 1.29 is 0 Å². The first-order valence-corrected chi connectivity index (χ1v) is 6.83. The van der Waals surface area contributed by atoms with Crippen LogP contribution in [0.2, 0.25) is 0 Å². The van der Waals surface area contributed by atoms with Crippen LogP contribution in [-0.4, -0.2) is 37.1 Å². The highest BCUT2D eigenvalue weighted by Crippen LogP contribution is 2.30. The van der Waals surface area contributed by atoms with Gasteiger partial charge in [0.25, 0.3) is 0 Å². The Labute approximate surface area is 106 Å². The predicted molar refractivity (Wildman–Crippen MR) is 71.7 cm³/mol.